The van der Waals surface area contributed by atoms with Gasteiger partial charge in [0.2, 0.25) is 5.79 Å². The van der Waals surface area contributed by atoms with Gasteiger partial charge in [0.15, 0.2) is 0 Å². The Labute approximate surface area is 148 Å². The molecule has 0 spiro atoms. The lowest BCUT2D eigenvalue weighted by Gasteiger charge is -2.44. The Morgan fingerprint density at radius 1 is 1.23 bits per heavy atom. The molecular formula is C16H23Cl3O2Si. The van der Waals surface area contributed by atoms with E-state index in [-0.39, 0.29) is 5.41 Å². The second-order valence-electron chi connectivity index (χ2n) is 7.00. The zero-order valence-corrected chi connectivity index (χ0v) is 16.8. The minimum absolute atomic E-state index is 0.0988. The first-order valence-corrected chi connectivity index (χ1v) is 12.8. The Kier molecular flexibility index (Phi) is 5.46. The predicted octanol–water partition coefficient (Wildman–Crippen LogP) is 5.95. The van der Waals surface area contributed by atoms with Gasteiger partial charge >= 0.3 is 6.00 Å². The van der Waals surface area contributed by atoms with Gasteiger partial charge in [0.05, 0.1) is 6.61 Å². The van der Waals surface area contributed by atoms with Gasteiger partial charge in [-0.3, -0.25) is 0 Å². The average molecular weight is 382 g/mol. The summed E-state index contributed by atoms with van der Waals surface area (Å²) in [6, 6.07) is 4.43. The van der Waals surface area contributed by atoms with Crippen molar-refractivity contribution in [2.24, 2.45) is 5.41 Å². The molecule has 1 heterocycles. The van der Waals surface area contributed by atoms with E-state index >= 15 is 0 Å². The molecule has 0 fully saturated rings. The molecule has 2 rings (SSSR count). The van der Waals surface area contributed by atoms with Crippen LogP contribution >= 0.6 is 33.2 Å². The highest BCUT2D eigenvalue weighted by Gasteiger charge is 2.43. The highest BCUT2D eigenvalue weighted by molar-refractivity contribution is 7.64. The standard InChI is InChI=1S/C16H23Cl3O2Si/c1-15(2,3)16(4)20-11-13-10-12(7-8-14(13)21-16)6-5-9-22(17,18)19/h7-8,10H,5-6,9,11H2,1-4H3. The summed E-state index contributed by atoms with van der Waals surface area (Å²) < 4.78 is 12.1. The first kappa shape index (κ1) is 18.4. The van der Waals surface area contributed by atoms with E-state index in [1.54, 1.807) is 0 Å². The molecule has 0 saturated carbocycles. The fourth-order valence-electron chi connectivity index (χ4n) is 2.32. The van der Waals surface area contributed by atoms with E-state index in [2.05, 4.69) is 32.9 Å². The summed E-state index contributed by atoms with van der Waals surface area (Å²) in [6.45, 7) is 8.92. The van der Waals surface area contributed by atoms with Gasteiger partial charge in [0.1, 0.15) is 5.75 Å². The quantitative estimate of drug-likeness (QED) is 0.474. The van der Waals surface area contributed by atoms with Crippen molar-refractivity contribution in [2.75, 3.05) is 0 Å². The van der Waals surface area contributed by atoms with Crippen LogP contribution in [0, 0.1) is 5.41 Å². The van der Waals surface area contributed by atoms with Gasteiger partial charge in [-0.05, 0) is 36.6 Å². The van der Waals surface area contributed by atoms with Gasteiger partial charge in [-0.2, -0.15) is 0 Å². The fraction of sp³-hybridized carbons (Fsp3) is 0.625. The van der Waals surface area contributed by atoms with Gasteiger partial charge in [-0.1, -0.05) is 26.8 Å². The second-order valence-corrected chi connectivity index (χ2v) is 16.3. The lowest BCUT2D eigenvalue weighted by molar-refractivity contribution is -0.249. The average Bonchev–Trinajstić information content (AvgIpc) is 2.36. The molecule has 1 aliphatic rings. The molecule has 1 aliphatic heterocycles. The number of hydrogen-bond acceptors (Lipinski definition) is 2. The summed E-state index contributed by atoms with van der Waals surface area (Å²) in [5, 5.41) is 0. The van der Waals surface area contributed by atoms with Crippen molar-refractivity contribution in [3.8, 4) is 5.75 Å². The highest BCUT2D eigenvalue weighted by atomic mass is 35.8. The molecule has 0 radical (unpaired) electrons. The number of ether oxygens (including phenoxy) is 2. The third kappa shape index (κ3) is 4.54. The van der Waals surface area contributed by atoms with E-state index in [9.17, 15) is 0 Å². The van der Waals surface area contributed by atoms with Crippen molar-refractivity contribution in [2.45, 2.75) is 59.0 Å². The SMILES string of the molecule is CC(C)(C)C1(C)OCc2cc(CCC[Si](Cl)(Cl)Cl)ccc2O1. The summed E-state index contributed by atoms with van der Waals surface area (Å²) in [6.07, 6.45) is 1.80. The molecule has 1 aromatic rings. The number of hydrogen-bond donors (Lipinski definition) is 0. The molecule has 0 aliphatic carbocycles. The Morgan fingerprint density at radius 3 is 2.50 bits per heavy atom. The molecule has 22 heavy (non-hydrogen) atoms. The maximum Gasteiger partial charge on any atom is 0.341 e. The van der Waals surface area contributed by atoms with Crippen LogP contribution in [0.1, 0.15) is 45.2 Å². The molecule has 0 bridgehead atoms. The van der Waals surface area contributed by atoms with E-state index in [0.717, 1.165) is 24.2 Å². The Balaban J connectivity index is 2.05. The third-order valence-corrected chi connectivity index (χ3v) is 6.84. The molecule has 1 unspecified atom stereocenters. The fourth-order valence-corrected chi connectivity index (χ4v) is 4.10. The van der Waals surface area contributed by atoms with E-state index < -0.39 is 11.8 Å². The van der Waals surface area contributed by atoms with Gasteiger partial charge in [0.25, 0.3) is 0 Å². The molecule has 0 N–H and O–H groups in total. The predicted molar refractivity (Wildman–Crippen MR) is 96.2 cm³/mol. The summed E-state index contributed by atoms with van der Waals surface area (Å²) in [4.78, 5) is 0. The van der Waals surface area contributed by atoms with E-state index in [1.807, 2.05) is 13.0 Å². The van der Waals surface area contributed by atoms with Gasteiger partial charge in [-0.15, -0.1) is 33.2 Å². The van der Waals surface area contributed by atoms with Crippen LogP contribution in [0.4, 0.5) is 0 Å². The molecular weight excluding hydrogens is 359 g/mol. The van der Waals surface area contributed by atoms with Gasteiger partial charge in [0, 0.05) is 17.9 Å². The Bertz CT molecular complexity index is 537. The summed E-state index contributed by atoms with van der Waals surface area (Å²) in [5.41, 5.74) is 2.22. The minimum atomic E-state index is -2.51. The maximum absolute atomic E-state index is 6.12. The van der Waals surface area contributed by atoms with E-state index in [1.165, 1.54) is 5.56 Å². The van der Waals surface area contributed by atoms with Crippen LogP contribution in [0.3, 0.4) is 0 Å². The number of fused-ring (bicyclic) bond motifs is 1. The first-order chi connectivity index (χ1) is 10.0. The Morgan fingerprint density at radius 2 is 1.91 bits per heavy atom. The monoisotopic (exact) mass is 380 g/mol. The van der Waals surface area contributed by atoms with Crippen LogP contribution in [0.2, 0.25) is 6.04 Å². The molecule has 0 aromatic heterocycles. The van der Waals surface area contributed by atoms with Crippen molar-refractivity contribution >= 4 is 39.2 Å². The van der Waals surface area contributed by atoms with Crippen molar-refractivity contribution in [3.05, 3.63) is 29.3 Å². The molecule has 124 valence electrons. The summed E-state index contributed by atoms with van der Waals surface area (Å²) in [7, 11) is 0. The lowest BCUT2D eigenvalue weighted by atomic mass is 9.85. The number of benzene rings is 1. The van der Waals surface area contributed by atoms with Gasteiger partial charge < -0.3 is 9.47 Å². The van der Waals surface area contributed by atoms with Crippen LogP contribution in [0.15, 0.2) is 18.2 Å². The van der Waals surface area contributed by atoms with Crippen LogP contribution in [0.25, 0.3) is 0 Å². The van der Waals surface area contributed by atoms with E-state index in [0.29, 0.717) is 12.7 Å². The maximum atomic E-state index is 6.12. The molecule has 1 atom stereocenters. The zero-order chi connectivity index (χ0) is 16.6. The Hall–Kier alpha value is 0.0669. The minimum Gasteiger partial charge on any atom is -0.462 e. The topological polar surface area (TPSA) is 18.5 Å². The normalized spacial score (nSPS) is 22.1. The van der Waals surface area contributed by atoms with Crippen LogP contribution in [-0.4, -0.2) is 11.8 Å². The van der Waals surface area contributed by atoms with Crippen molar-refractivity contribution in [3.63, 3.8) is 0 Å². The number of rotatable bonds is 4. The molecule has 2 nitrogen and oxygen atoms in total. The molecule has 6 heteroatoms. The second kappa shape index (κ2) is 6.52. The van der Waals surface area contributed by atoms with Crippen molar-refractivity contribution in [1.29, 1.82) is 0 Å². The van der Waals surface area contributed by atoms with E-state index in [4.69, 9.17) is 42.7 Å². The summed E-state index contributed by atoms with van der Waals surface area (Å²) in [5.74, 6) is 0.297. The smallest absolute Gasteiger partial charge is 0.341 e. The lowest BCUT2D eigenvalue weighted by Crippen LogP contribution is -2.49. The zero-order valence-electron chi connectivity index (χ0n) is 13.5. The van der Waals surface area contributed by atoms with Crippen molar-refractivity contribution < 1.29 is 9.47 Å². The highest BCUT2D eigenvalue weighted by Crippen LogP contribution is 2.41. The largest absolute Gasteiger partial charge is 0.462 e. The molecule has 0 amide bonds. The first-order valence-electron chi connectivity index (χ1n) is 7.52. The number of halogens is 3. The van der Waals surface area contributed by atoms with Crippen molar-refractivity contribution in [1.82, 2.24) is 0 Å². The van der Waals surface area contributed by atoms with Gasteiger partial charge in [-0.25, -0.2) is 0 Å². The third-order valence-electron chi connectivity index (χ3n) is 4.22. The molecule has 1 aromatic carbocycles. The molecule has 0 saturated heterocycles. The van der Waals surface area contributed by atoms with Crippen LogP contribution < -0.4 is 4.74 Å². The van der Waals surface area contributed by atoms with Crippen LogP contribution in [0.5, 0.6) is 5.75 Å². The number of aryl methyl sites for hydroxylation is 1. The van der Waals surface area contributed by atoms with Crippen LogP contribution in [-0.2, 0) is 17.8 Å². The summed E-state index contributed by atoms with van der Waals surface area (Å²) >= 11 is 17.8.